The van der Waals surface area contributed by atoms with Gasteiger partial charge in [-0.25, -0.2) is 4.79 Å². The summed E-state index contributed by atoms with van der Waals surface area (Å²) in [6, 6.07) is 4.03. The number of fused-ring (bicyclic) bond motifs is 1. The van der Waals surface area contributed by atoms with E-state index in [4.69, 9.17) is 0 Å². The summed E-state index contributed by atoms with van der Waals surface area (Å²) in [5.74, 6) is -2.63. The van der Waals surface area contributed by atoms with Gasteiger partial charge < -0.3 is 31.4 Å². The Bertz CT molecular complexity index is 1020. The van der Waals surface area contributed by atoms with Crippen molar-refractivity contribution in [2.75, 3.05) is 12.3 Å². The Labute approximate surface area is 196 Å². The number of nitrogens with one attached hydrogen (secondary N) is 5. The maximum absolute atomic E-state index is 12.6. The minimum atomic E-state index is -1.18. The number of carbonyl (C=O) groups excluding carboxylic acids is 3. The molecule has 4 unspecified atom stereocenters. The average Bonchev–Trinajstić information content (AvgIpc) is 3.47. The SMILES string of the molecule is CC(NC(=O)C(CS)NC(=O)C1CCCN1)C(=O)NC(Cc1c[nH]c2ccccc12)C(=O)O. The second kappa shape index (κ2) is 11.2. The number of para-hydroxylation sites is 1. The summed E-state index contributed by atoms with van der Waals surface area (Å²) in [6.45, 7) is 2.20. The smallest absolute Gasteiger partial charge is 0.326 e. The maximum Gasteiger partial charge on any atom is 0.326 e. The zero-order valence-electron chi connectivity index (χ0n) is 18.3. The topological polar surface area (TPSA) is 152 Å². The number of amides is 3. The van der Waals surface area contributed by atoms with E-state index in [9.17, 15) is 24.3 Å². The van der Waals surface area contributed by atoms with Crippen molar-refractivity contribution in [3.8, 4) is 0 Å². The second-order valence-electron chi connectivity index (χ2n) is 8.09. The average molecular weight is 476 g/mol. The van der Waals surface area contributed by atoms with Gasteiger partial charge in [-0.1, -0.05) is 18.2 Å². The van der Waals surface area contributed by atoms with Crippen LogP contribution in [-0.2, 0) is 25.6 Å². The molecule has 10 nitrogen and oxygen atoms in total. The Hall–Kier alpha value is -3.05. The lowest BCUT2D eigenvalue weighted by atomic mass is 10.0. The van der Waals surface area contributed by atoms with Crippen LogP contribution in [0.2, 0.25) is 0 Å². The number of carboxylic acids is 1. The first-order chi connectivity index (χ1) is 15.8. The van der Waals surface area contributed by atoms with Gasteiger partial charge in [-0.2, -0.15) is 12.6 Å². The van der Waals surface area contributed by atoms with Crippen molar-refractivity contribution >= 4 is 47.2 Å². The van der Waals surface area contributed by atoms with Gasteiger partial charge in [-0.3, -0.25) is 14.4 Å². The standard InChI is InChI=1S/C22H29N5O5S/c1-12(25-21(30)18(11-33)27-20(29)16-7-4-8-23-16)19(28)26-17(22(31)32)9-13-10-24-15-6-3-2-5-14(13)15/h2-3,5-6,10,12,16-18,23-24,33H,4,7-9,11H2,1H3,(H,25,30)(H,26,28)(H,27,29)(H,31,32). The van der Waals surface area contributed by atoms with Crippen LogP contribution in [0.25, 0.3) is 10.9 Å². The first-order valence-electron chi connectivity index (χ1n) is 10.8. The number of hydrogen-bond acceptors (Lipinski definition) is 6. The zero-order valence-corrected chi connectivity index (χ0v) is 19.2. The van der Waals surface area contributed by atoms with Gasteiger partial charge >= 0.3 is 5.97 Å². The van der Waals surface area contributed by atoms with Crippen LogP contribution in [0.4, 0.5) is 0 Å². The third-order valence-corrected chi connectivity index (χ3v) is 6.02. The molecule has 3 amide bonds. The Morgan fingerprint density at radius 1 is 1.12 bits per heavy atom. The summed E-state index contributed by atoms with van der Waals surface area (Å²) in [4.78, 5) is 52.3. The minimum Gasteiger partial charge on any atom is -0.480 e. The van der Waals surface area contributed by atoms with E-state index in [1.807, 2.05) is 24.3 Å². The molecule has 0 radical (unpaired) electrons. The molecule has 2 aromatic rings. The third-order valence-electron chi connectivity index (χ3n) is 5.66. The van der Waals surface area contributed by atoms with Crippen LogP contribution in [0.5, 0.6) is 0 Å². The van der Waals surface area contributed by atoms with Gasteiger partial charge in [0, 0.05) is 29.3 Å². The molecule has 0 spiro atoms. The van der Waals surface area contributed by atoms with Gasteiger partial charge in [0.05, 0.1) is 6.04 Å². The van der Waals surface area contributed by atoms with Gasteiger partial charge in [0.2, 0.25) is 17.7 Å². The van der Waals surface area contributed by atoms with E-state index in [1.165, 1.54) is 6.92 Å². The van der Waals surface area contributed by atoms with Crippen LogP contribution in [-0.4, -0.2) is 70.2 Å². The molecule has 0 aliphatic carbocycles. The summed E-state index contributed by atoms with van der Waals surface area (Å²) < 4.78 is 0. The number of aromatic amines is 1. The van der Waals surface area contributed by atoms with Crippen LogP contribution in [0.3, 0.4) is 0 Å². The Morgan fingerprint density at radius 2 is 1.88 bits per heavy atom. The molecule has 0 bridgehead atoms. The monoisotopic (exact) mass is 475 g/mol. The Kier molecular flexibility index (Phi) is 8.34. The lowest BCUT2D eigenvalue weighted by molar-refractivity contribution is -0.142. The molecule has 33 heavy (non-hydrogen) atoms. The zero-order chi connectivity index (χ0) is 24.0. The fourth-order valence-corrected chi connectivity index (χ4v) is 4.03. The molecule has 1 aliphatic heterocycles. The molecule has 0 saturated carbocycles. The maximum atomic E-state index is 12.6. The van der Waals surface area contributed by atoms with Crippen LogP contribution in [0, 0.1) is 0 Å². The van der Waals surface area contributed by atoms with E-state index in [0.717, 1.165) is 29.4 Å². The number of aliphatic carboxylic acids is 1. The lowest BCUT2D eigenvalue weighted by Gasteiger charge is -2.22. The predicted octanol–water partition coefficient (Wildman–Crippen LogP) is -0.0489. The van der Waals surface area contributed by atoms with Crippen molar-refractivity contribution < 1.29 is 24.3 Å². The molecular weight excluding hydrogens is 446 g/mol. The summed E-state index contributed by atoms with van der Waals surface area (Å²) in [6.07, 6.45) is 3.38. The molecule has 1 aromatic heterocycles. The quantitative estimate of drug-likeness (QED) is 0.239. The molecule has 3 rings (SSSR count). The van der Waals surface area contributed by atoms with Gasteiger partial charge in [0.25, 0.3) is 0 Å². The van der Waals surface area contributed by atoms with Crippen molar-refractivity contribution in [2.24, 2.45) is 0 Å². The number of rotatable bonds is 10. The van der Waals surface area contributed by atoms with Crippen LogP contribution in [0.1, 0.15) is 25.3 Å². The predicted molar refractivity (Wildman–Crippen MR) is 126 cm³/mol. The van der Waals surface area contributed by atoms with Gasteiger partial charge in [0.1, 0.15) is 18.1 Å². The molecular formula is C22H29N5O5S. The van der Waals surface area contributed by atoms with Gasteiger partial charge in [-0.05, 0) is 37.9 Å². The van der Waals surface area contributed by atoms with Gasteiger partial charge in [-0.15, -0.1) is 0 Å². The van der Waals surface area contributed by atoms with Crippen molar-refractivity contribution in [2.45, 2.75) is 50.4 Å². The Morgan fingerprint density at radius 3 is 2.55 bits per heavy atom. The molecule has 1 saturated heterocycles. The van der Waals surface area contributed by atoms with Crippen molar-refractivity contribution in [3.63, 3.8) is 0 Å². The first kappa shape index (κ1) is 24.6. The summed E-state index contributed by atoms with van der Waals surface area (Å²) in [5, 5.41) is 21.2. The number of carboxylic acid groups (broad SMARTS) is 1. The fraction of sp³-hybridized carbons (Fsp3) is 0.455. The van der Waals surface area contributed by atoms with E-state index in [0.29, 0.717) is 6.42 Å². The Balaban J connectivity index is 1.57. The van der Waals surface area contributed by atoms with Crippen LogP contribution < -0.4 is 21.3 Å². The second-order valence-corrected chi connectivity index (χ2v) is 8.45. The largest absolute Gasteiger partial charge is 0.480 e. The highest BCUT2D eigenvalue weighted by Gasteiger charge is 2.29. The van der Waals surface area contributed by atoms with E-state index in [2.05, 4.69) is 38.9 Å². The molecule has 2 heterocycles. The van der Waals surface area contributed by atoms with Crippen LogP contribution >= 0.6 is 12.6 Å². The van der Waals surface area contributed by atoms with E-state index < -0.39 is 35.9 Å². The molecule has 1 fully saturated rings. The highest BCUT2D eigenvalue weighted by atomic mass is 32.1. The van der Waals surface area contributed by atoms with Gasteiger partial charge in [0.15, 0.2) is 0 Å². The van der Waals surface area contributed by atoms with E-state index in [-0.39, 0.29) is 24.1 Å². The lowest BCUT2D eigenvalue weighted by Crippen LogP contribution is -2.57. The molecule has 1 aliphatic rings. The normalized spacial score (nSPS) is 18.3. The summed E-state index contributed by atoms with van der Waals surface area (Å²) >= 11 is 4.13. The summed E-state index contributed by atoms with van der Waals surface area (Å²) in [7, 11) is 0. The molecule has 11 heteroatoms. The third kappa shape index (κ3) is 6.26. The molecule has 178 valence electrons. The number of aromatic nitrogens is 1. The molecule has 1 aromatic carbocycles. The molecule has 6 N–H and O–H groups in total. The van der Waals surface area contributed by atoms with E-state index >= 15 is 0 Å². The fourth-order valence-electron chi connectivity index (χ4n) is 3.77. The minimum absolute atomic E-state index is 0.0525. The highest BCUT2D eigenvalue weighted by molar-refractivity contribution is 7.80. The van der Waals surface area contributed by atoms with Crippen LogP contribution in [0.15, 0.2) is 30.5 Å². The number of hydrogen-bond donors (Lipinski definition) is 7. The number of carbonyl (C=O) groups is 4. The van der Waals surface area contributed by atoms with Crippen molar-refractivity contribution in [3.05, 3.63) is 36.0 Å². The number of benzene rings is 1. The highest BCUT2D eigenvalue weighted by Crippen LogP contribution is 2.19. The van der Waals surface area contributed by atoms with E-state index in [1.54, 1.807) is 6.20 Å². The summed E-state index contributed by atoms with van der Waals surface area (Å²) in [5.41, 5.74) is 1.63. The van der Waals surface area contributed by atoms with Crippen molar-refractivity contribution in [1.29, 1.82) is 0 Å². The number of H-pyrrole nitrogens is 1. The van der Waals surface area contributed by atoms with Crippen molar-refractivity contribution in [1.82, 2.24) is 26.3 Å². The number of thiol groups is 1. The molecule has 4 atom stereocenters. The first-order valence-corrected chi connectivity index (χ1v) is 11.5.